The number of carbonyl (C=O) groups excluding carboxylic acids is 1. The molecule has 3 fully saturated rings. The van der Waals surface area contributed by atoms with Crippen LogP contribution < -0.4 is 4.74 Å². The lowest BCUT2D eigenvalue weighted by atomic mass is 9.76. The molecule has 1 amide bonds. The first kappa shape index (κ1) is 24.6. The average Bonchev–Trinajstić information content (AvgIpc) is 3.72. The largest absolute Gasteiger partial charge is 0.493 e. The molecule has 2 bridgehead atoms. The molecule has 202 valence electrons. The van der Waals surface area contributed by atoms with Crippen LogP contribution in [0, 0.1) is 11.7 Å². The molecule has 7 heteroatoms. The van der Waals surface area contributed by atoms with Gasteiger partial charge in [0.05, 0.1) is 37.5 Å². The zero-order valence-electron chi connectivity index (χ0n) is 21.7. The third-order valence-electron chi connectivity index (χ3n) is 8.72. The smallest absolute Gasteiger partial charge is 0.410 e. The summed E-state index contributed by atoms with van der Waals surface area (Å²) < 4.78 is 32.1. The summed E-state index contributed by atoms with van der Waals surface area (Å²) in [5.74, 6) is 0.593. The maximum Gasteiger partial charge on any atom is 0.410 e. The zero-order valence-corrected chi connectivity index (χ0v) is 21.7. The first-order valence-corrected chi connectivity index (χ1v) is 13.9. The summed E-state index contributed by atoms with van der Waals surface area (Å²) in [6.45, 7) is 1.38. The Morgan fingerprint density at radius 2 is 1.59 bits per heavy atom. The van der Waals surface area contributed by atoms with Crippen LogP contribution in [-0.4, -0.2) is 54.6 Å². The molecule has 3 aromatic carbocycles. The molecule has 2 saturated heterocycles. The van der Waals surface area contributed by atoms with Crippen molar-refractivity contribution in [2.75, 3.05) is 26.4 Å². The molecule has 2 aliphatic heterocycles. The fourth-order valence-corrected chi connectivity index (χ4v) is 6.65. The Morgan fingerprint density at radius 3 is 2.23 bits per heavy atom. The van der Waals surface area contributed by atoms with Gasteiger partial charge in [0.1, 0.15) is 18.2 Å². The van der Waals surface area contributed by atoms with E-state index in [1.165, 1.54) is 23.3 Å². The van der Waals surface area contributed by atoms with Gasteiger partial charge in [-0.2, -0.15) is 0 Å². The van der Waals surface area contributed by atoms with Gasteiger partial charge >= 0.3 is 6.09 Å². The van der Waals surface area contributed by atoms with Crippen molar-refractivity contribution in [1.82, 2.24) is 4.90 Å². The Hall–Kier alpha value is -3.42. The first-order chi connectivity index (χ1) is 19.0. The van der Waals surface area contributed by atoms with Crippen LogP contribution in [0.3, 0.4) is 0 Å². The van der Waals surface area contributed by atoms with Gasteiger partial charge in [-0.3, -0.25) is 4.90 Å². The number of halogens is 1. The average molecular weight is 530 g/mol. The number of hydrogen-bond acceptors (Lipinski definition) is 5. The minimum Gasteiger partial charge on any atom is -0.493 e. The van der Waals surface area contributed by atoms with Crippen LogP contribution in [0.5, 0.6) is 5.75 Å². The summed E-state index contributed by atoms with van der Waals surface area (Å²) in [5, 5.41) is 11.9. The van der Waals surface area contributed by atoms with Crippen LogP contribution in [0.2, 0.25) is 0 Å². The normalized spacial score (nSPS) is 25.6. The molecular weight excluding hydrogens is 497 g/mol. The maximum atomic E-state index is 14.4. The van der Waals surface area contributed by atoms with Gasteiger partial charge in [0.15, 0.2) is 0 Å². The summed E-state index contributed by atoms with van der Waals surface area (Å²) in [6, 6.07) is 20.1. The molecule has 7 rings (SSSR count). The van der Waals surface area contributed by atoms with Crippen molar-refractivity contribution >= 4 is 6.09 Å². The Bertz CT molecular complexity index is 1350. The van der Waals surface area contributed by atoms with Crippen molar-refractivity contribution in [3.8, 4) is 16.9 Å². The van der Waals surface area contributed by atoms with Crippen molar-refractivity contribution in [3.05, 3.63) is 89.2 Å². The Labute approximate surface area is 227 Å². The van der Waals surface area contributed by atoms with Crippen molar-refractivity contribution in [2.24, 2.45) is 5.92 Å². The lowest BCUT2D eigenvalue weighted by Crippen LogP contribution is -2.62. The SMILES string of the molecule is O=C(OCC1c2ccccc2-c2ccccc21)N1C2COCC1CC(O)(c1cc(F)ccc1OCC1CC1)C2. The number of fused-ring (bicyclic) bond motifs is 5. The molecule has 3 aromatic rings. The van der Waals surface area contributed by atoms with E-state index in [1.54, 1.807) is 11.0 Å². The van der Waals surface area contributed by atoms with Crippen LogP contribution in [0.25, 0.3) is 11.1 Å². The third kappa shape index (κ3) is 4.47. The van der Waals surface area contributed by atoms with Gasteiger partial charge in [0.25, 0.3) is 0 Å². The van der Waals surface area contributed by atoms with Crippen molar-refractivity contribution < 1.29 is 28.5 Å². The van der Waals surface area contributed by atoms with Crippen LogP contribution in [-0.2, 0) is 15.1 Å². The lowest BCUT2D eigenvalue weighted by molar-refractivity contribution is -0.137. The second kappa shape index (κ2) is 9.65. The van der Waals surface area contributed by atoms with Crippen LogP contribution in [0.1, 0.15) is 48.3 Å². The Balaban J connectivity index is 1.09. The number of piperidine rings is 1. The fourth-order valence-electron chi connectivity index (χ4n) is 6.65. The molecule has 1 saturated carbocycles. The van der Waals surface area contributed by atoms with Crippen LogP contribution in [0.15, 0.2) is 66.7 Å². The highest BCUT2D eigenvalue weighted by atomic mass is 19.1. The second-order valence-corrected chi connectivity index (χ2v) is 11.4. The van der Waals surface area contributed by atoms with Gasteiger partial charge in [-0.25, -0.2) is 9.18 Å². The van der Waals surface area contributed by atoms with E-state index < -0.39 is 29.6 Å². The second-order valence-electron chi connectivity index (χ2n) is 11.4. The van der Waals surface area contributed by atoms with E-state index in [4.69, 9.17) is 14.2 Å². The summed E-state index contributed by atoms with van der Waals surface area (Å²) in [5.41, 5.74) is 3.79. The van der Waals surface area contributed by atoms with Gasteiger partial charge < -0.3 is 19.3 Å². The van der Waals surface area contributed by atoms with E-state index in [0.29, 0.717) is 23.8 Å². The minimum absolute atomic E-state index is 0.0300. The van der Waals surface area contributed by atoms with Gasteiger partial charge in [-0.1, -0.05) is 48.5 Å². The molecule has 6 nitrogen and oxygen atoms in total. The number of rotatable bonds is 6. The van der Waals surface area contributed by atoms with E-state index in [1.807, 2.05) is 24.3 Å². The number of morpholine rings is 1. The number of benzene rings is 3. The van der Waals surface area contributed by atoms with E-state index in [2.05, 4.69) is 24.3 Å². The molecule has 2 unspecified atom stereocenters. The topological polar surface area (TPSA) is 68.2 Å². The highest BCUT2D eigenvalue weighted by Crippen LogP contribution is 2.47. The van der Waals surface area contributed by atoms with Gasteiger partial charge in [-0.05, 0) is 59.2 Å². The molecule has 0 aromatic heterocycles. The summed E-state index contributed by atoms with van der Waals surface area (Å²) in [6.07, 6.45) is 2.31. The molecule has 39 heavy (non-hydrogen) atoms. The van der Waals surface area contributed by atoms with E-state index in [0.717, 1.165) is 24.0 Å². The molecule has 0 spiro atoms. The lowest BCUT2D eigenvalue weighted by Gasteiger charge is -2.51. The van der Waals surface area contributed by atoms with Crippen molar-refractivity contribution in [1.29, 1.82) is 0 Å². The van der Waals surface area contributed by atoms with E-state index >= 15 is 0 Å². The van der Waals surface area contributed by atoms with Crippen LogP contribution in [0.4, 0.5) is 9.18 Å². The molecule has 1 N–H and O–H groups in total. The Morgan fingerprint density at radius 1 is 0.949 bits per heavy atom. The van der Waals surface area contributed by atoms with E-state index in [-0.39, 0.29) is 38.6 Å². The number of aliphatic hydroxyl groups is 1. The van der Waals surface area contributed by atoms with Crippen molar-refractivity contribution in [2.45, 2.75) is 49.3 Å². The standard InChI is InChI=1S/C32H32FNO5/c33-21-11-12-30(38-16-20-9-10-20)29(13-21)32(36)14-22-17-37-18-23(15-32)34(22)31(35)39-19-28-26-7-3-1-5-24(26)25-6-2-4-8-27(25)28/h1-8,11-13,20,22-23,28,36H,9-10,14-19H2. The van der Waals surface area contributed by atoms with Gasteiger partial charge in [0.2, 0.25) is 0 Å². The number of ether oxygens (including phenoxy) is 3. The summed E-state index contributed by atoms with van der Waals surface area (Å²) in [7, 11) is 0. The molecular formula is C32H32FNO5. The minimum atomic E-state index is -1.33. The van der Waals surface area contributed by atoms with Gasteiger partial charge in [0, 0.05) is 24.3 Å². The highest BCUT2D eigenvalue weighted by Gasteiger charge is 2.50. The molecule has 2 heterocycles. The summed E-state index contributed by atoms with van der Waals surface area (Å²) >= 11 is 0. The fraction of sp³-hybridized carbons (Fsp3) is 0.406. The Kier molecular flexibility index (Phi) is 6.09. The number of amides is 1. The number of carbonyl (C=O) groups is 1. The quantitative estimate of drug-likeness (QED) is 0.449. The number of hydrogen-bond donors (Lipinski definition) is 1. The van der Waals surface area contributed by atoms with Crippen molar-refractivity contribution in [3.63, 3.8) is 0 Å². The zero-order chi connectivity index (χ0) is 26.6. The van der Waals surface area contributed by atoms with Crippen LogP contribution >= 0.6 is 0 Å². The summed E-state index contributed by atoms with van der Waals surface area (Å²) in [4.78, 5) is 15.3. The monoisotopic (exact) mass is 529 g/mol. The van der Waals surface area contributed by atoms with Gasteiger partial charge in [-0.15, -0.1) is 0 Å². The molecule has 2 aliphatic carbocycles. The third-order valence-corrected chi connectivity index (χ3v) is 8.72. The maximum absolute atomic E-state index is 14.4. The molecule has 2 atom stereocenters. The molecule has 4 aliphatic rings. The molecule has 0 radical (unpaired) electrons. The number of nitrogens with zero attached hydrogens (tertiary/aromatic N) is 1. The highest BCUT2D eigenvalue weighted by molar-refractivity contribution is 5.79. The van der Waals surface area contributed by atoms with E-state index in [9.17, 15) is 14.3 Å². The first-order valence-electron chi connectivity index (χ1n) is 13.9. The predicted molar refractivity (Wildman–Crippen MR) is 143 cm³/mol. The predicted octanol–water partition coefficient (Wildman–Crippen LogP) is 5.61.